The van der Waals surface area contributed by atoms with Crippen LogP contribution >= 0.6 is 0 Å². The van der Waals surface area contributed by atoms with Crippen molar-refractivity contribution in [2.24, 2.45) is 5.41 Å². The number of nitrogens with zero attached hydrogens (tertiary/aromatic N) is 1. The van der Waals surface area contributed by atoms with Crippen molar-refractivity contribution in [3.05, 3.63) is 34.4 Å². The highest BCUT2D eigenvalue weighted by Gasteiger charge is 2.11. The van der Waals surface area contributed by atoms with Gasteiger partial charge in [-0.2, -0.15) is 0 Å². The molecular formula is C12H17NO3. The lowest BCUT2D eigenvalue weighted by molar-refractivity contribution is -0.384. The molecule has 0 fully saturated rings. The van der Waals surface area contributed by atoms with Gasteiger partial charge in [-0.1, -0.05) is 26.8 Å². The average Bonchev–Trinajstić information content (AvgIpc) is 2.16. The molecule has 1 aromatic carbocycles. The number of ether oxygens (including phenoxy) is 1. The van der Waals surface area contributed by atoms with Gasteiger partial charge in [0.2, 0.25) is 0 Å². The number of non-ortho nitro benzene ring substituents is 1. The minimum Gasteiger partial charge on any atom is -0.493 e. The zero-order valence-corrected chi connectivity index (χ0v) is 9.90. The van der Waals surface area contributed by atoms with Gasteiger partial charge in [-0.3, -0.25) is 10.1 Å². The summed E-state index contributed by atoms with van der Waals surface area (Å²) in [5.41, 5.74) is 0.272. The summed E-state index contributed by atoms with van der Waals surface area (Å²) in [6.45, 7) is 6.96. The molecule has 0 bridgehead atoms. The standard InChI is InChI=1S/C12H17NO3/c1-12(2,3)7-8-16-11-6-4-5-10(9-11)13(14)15/h4-6,9H,7-8H2,1-3H3. The lowest BCUT2D eigenvalue weighted by Crippen LogP contribution is -2.11. The maximum atomic E-state index is 10.5. The van der Waals surface area contributed by atoms with Gasteiger partial charge in [0, 0.05) is 6.07 Å². The molecule has 1 aromatic rings. The van der Waals surface area contributed by atoms with Gasteiger partial charge in [-0.05, 0) is 17.9 Å². The summed E-state index contributed by atoms with van der Waals surface area (Å²) in [6.07, 6.45) is 0.912. The Hall–Kier alpha value is -1.58. The fourth-order valence-corrected chi connectivity index (χ4v) is 1.16. The van der Waals surface area contributed by atoms with Gasteiger partial charge in [-0.25, -0.2) is 0 Å². The number of nitro benzene ring substituents is 1. The van der Waals surface area contributed by atoms with E-state index in [0.29, 0.717) is 12.4 Å². The number of hydrogen-bond acceptors (Lipinski definition) is 3. The van der Waals surface area contributed by atoms with Crippen LogP contribution in [0.3, 0.4) is 0 Å². The first kappa shape index (κ1) is 12.5. The van der Waals surface area contributed by atoms with Crippen LogP contribution in [0.4, 0.5) is 5.69 Å². The zero-order chi connectivity index (χ0) is 12.2. The fraction of sp³-hybridized carbons (Fsp3) is 0.500. The Balaban J connectivity index is 2.55. The van der Waals surface area contributed by atoms with Crippen LogP contribution in [-0.4, -0.2) is 11.5 Å². The van der Waals surface area contributed by atoms with Gasteiger partial charge in [0.15, 0.2) is 0 Å². The Bertz CT molecular complexity index is 369. The molecule has 0 atom stereocenters. The van der Waals surface area contributed by atoms with Gasteiger partial charge in [0.05, 0.1) is 17.6 Å². The molecule has 0 radical (unpaired) electrons. The van der Waals surface area contributed by atoms with Crippen molar-refractivity contribution in [3.8, 4) is 5.75 Å². The van der Waals surface area contributed by atoms with Gasteiger partial charge < -0.3 is 4.74 Å². The lowest BCUT2D eigenvalue weighted by Gasteiger charge is -2.17. The predicted octanol–water partition coefficient (Wildman–Crippen LogP) is 3.41. The van der Waals surface area contributed by atoms with Gasteiger partial charge in [0.25, 0.3) is 5.69 Å². The van der Waals surface area contributed by atoms with E-state index in [1.54, 1.807) is 12.1 Å². The molecule has 0 amide bonds. The van der Waals surface area contributed by atoms with Crippen LogP contribution in [0.1, 0.15) is 27.2 Å². The number of rotatable bonds is 4. The smallest absolute Gasteiger partial charge is 0.273 e. The third-order valence-corrected chi connectivity index (χ3v) is 2.15. The molecule has 4 nitrogen and oxygen atoms in total. The van der Waals surface area contributed by atoms with E-state index in [1.807, 2.05) is 0 Å². The molecule has 0 N–H and O–H groups in total. The van der Waals surface area contributed by atoms with E-state index in [9.17, 15) is 10.1 Å². The molecule has 88 valence electrons. The van der Waals surface area contributed by atoms with E-state index < -0.39 is 4.92 Å². The summed E-state index contributed by atoms with van der Waals surface area (Å²) in [4.78, 5) is 10.1. The number of nitro groups is 1. The van der Waals surface area contributed by atoms with Crippen molar-refractivity contribution in [1.82, 2.24) is 0 Å². The quantitative estimate of drug-likeness (QED) is 0.580. The van der Waals surface area contributed by atoms with Crippen LogP contribution in [-0.2, 0) is 0 Å². The van der Waals surface area contributed by atoms with Crippen LogP contribution in [0.25, 0.3) is 0 Å². The summed E-state index contributed by atoms with van der Waals surface area (Å²) in [5.74, 6) is 0.554. The van der Waals surface area contributed by atoms with E-state index in [0.717, 1.165) is 6.42 Å². The Labute approximate surface area is 95.4 Å². The summed E-state index contributed by atoms with van der Waals surface area (Å²) in [6, 6.07) is 6.26. The van der Waals surface area contributed by atoms with Crippen molar-refractivity contribution in [3.63, 3.8) is 0 Å². The van der Waals surface area contributed by atoms with Crippen LogP contribution in [0.15, 0.2) is 24.3 Å². The van der Waals surface area contributed by atoms with Crippen LogP contribution in [0.2, 0.25) is 0 Å². The minimum absolute atomic E-state index is 0.0632. The monoisotopic (exact) mass is 223 g/mol. The molecule has 0 aliphatic rings. The minimum atomic E-state index is -0.420. The summed E-state index contributed by atoms with van der Waals surface area (Å²) in [5, 5.41) is 10.5. The number of hydrogen-bond donors (Lipinski definition) is 0. The Morgan fingerprint density at radius 1 is 1.38 bits per heavy atom. The van der Waals surface area contributed by atoms with Crippen molar-refractivity contribution in [2.45, 2.75) is 27.2 Å². The maximum Gasteiger partial charge on any atom is 0.273 e. The first-order chi connectivity index (χ1) is 7.38. The first-order valence-corrected chi connectivity index (χ1v) is 5.26. The van der Waals surface area contributed by atoms with Gasteiger partial charge in [0.1, 0.15) is 5.75 Å². The first-order valence-electron chi connectivity index (χ1n) is 5.26. The second kappa shape index (κ2) is 4.96. The van der Waals surface area contributed by atoms with Gasteiger partial charge >= 0.3 is 0 Å². The van der Waals surface area contributed by atoms with E-state index in [1.165, 1.54) is 12.1 Å². The molecule has 1 rings (SSSR count). The largest absolute Gasteiger partial charge is 0.493 e. The molecule has 0 unspecified atom stereocenters. The molecule has 0 spiro atoms. The van der Waals surface area contributed by atoms with Crippen molar-refractivity contribution in [2.75, 3.05) is 6.61 Å². The average molecular weight is 223 g/mol. The predicted molar refractivity (Wildman–Crippen MR) is 62.7 cm³/mol. The van der Waals surface area contributed by atoms with E-state index >= 15 is 0 Å². The van der Waals surface area contributed by atoms with Gasteiger partial charge in [-0.15, -0.1) is 0 Å². The van der Waals surface area contributed by atoms with Crippen molar-refractivity contribution < 1.29 is 9.66 Å². The topological polar surface area (TPSA) is 52.4 Å². The molecule has 0 saturated carbocycles. The summed E-state index contributed by atoms with van der Waals surface area (Å²) >= 11 is 0. The van der Waals surface area contributed by atoms with E-state index in [2.05, 4.69) is 20.8 Å². The molecule has 16 heavy (non-hydrogen) atoms. The molecule has 4 heteroatoms. The van der Waals surface area contributed by atoms with Crippen LogP contribution in [0.5, 0.6) is 5.75 Å². The SMILES string of the molecule is CC(C)(C)CCOc1cccc([N+](=O)[O-])c1. The second-order valence-electron chi connectivity index (χ2n) is 4.91. The highest BCUT2D eigenvalue weighted by Crippen LogP contribution is 2.22. The summed E-state index contributed by atoms with van der Waals surface area (Å²) in [7, 11) is 0. The molecule has 0 aliphatic heterocycles. The molecule has 0 aliphatic carbocycles. The van der Waals surface area contributed by atoms with Crippen molar-refractivity contribution in [1.29, 1.82) is 0 Å². The molecule has 0 aromatic heterocycles. The Morgan fingerprint density at radius 2 is 2.06 bits per heavy atom. The van der Waals surface area contributed by atoms with E-state index in [4.69, 9.17) is 4.74 Å². The number of benzene rings is 1. The third kappa shape index (κ3) is 4.29. The second-order valence-corrected chi connectivity index (χ2v) is 4.91. The summed E-state index contributed by atoms with van der Waals surface area (Å²) < 4.78 is 5.47. The molecule has 0 saturated heterocycles. The Morgan fingerprint density at radius 3 is 2.62 bits per heavy atom. The third-order valence-electron chi connectivity index (χ3n) is 2.15. The fourth-order valence-electron chi connectivity index (χ4n) is 1.16. The van der Waals surface area contributed by atoms with Crippen LogP contribution in [0, 0.1) is 15.5 Å². The van der Waals surface area contributed by atoms with E-state index in [-0.39, 0.29) is 11.1 Å². The normalized spacial score (nSPS) is 11.2. The molecule has 0 heterocycles. The Kier molecular flexibility index (Phi) is 3.88. The zero-order valence-electron chi connectivity index (χ0n) is 9.90. The lowest BCUT2D eigenvalue weighted by atomic mass is 9.93. The van der Waals surface area contributed by atoms with Crippen molar-refractivity contribution >= 4 is 5.69 Å². The highest BCUT2D eigenvalue weighted by molar-refractivity contribution is 5.37. The molecular weight excluding hydrogens is 206 g/mol. The highest BCUT2D eigenvalue weighted by atomic mass is 16.6. The maximum absolute atomic E-state index is 10.5. The van der Waals surface area contributed by atoms with Crippen LogP contribution < -0.4 is 4.74 Å².